The Morgan fingerprint density at radius 2 is 1.77 bits per heavy atom. The second-order valence-electron chi connectivity index (χ2n) is 19.2. The van der Waals surface area contributed by atoms with E-state index < -0.39 is 11.5 Å². The maximum Gasteiger partial charge on any atom is 0.239 e. The first-order chi connectivity index (χ1) is 31.4. The zero-order valence-corrected chi connectivity index (χ0v) is 40.4. The molecule has 1 aromatic carbocycles. The molecule has 0 radical (unpaired) electrons. The first-order valence-corrected chi connectivity index (χ1v) is 24.4. The molecule has 2 N–H and O–H groups in total. The van der Waals surface area contributed by atoms with E-state index in [1.54, 1.807) is 0 Å². The van der Waals surface area contributed by atoms with Gasteiger partial charge < -0.3 is 29.6 Å². The molecule has 354 valence electrons. The van der Waals surface area contributed by atoms with Crippen LogP contribution in [0.5, 0.6) is 0 Å². The number of hydrogen-bond acceptors (Lipinski definition) is 13. The zero-order valence-electron chi connectivity index (χ0n) is 39.6. The lowest BCUT2D eigenvalue weighted by molar-refractivity contribution is -0.134. The molecule has 2 amide bonds. The van der Waals surface area contributed by atoms with Gasteiger partial charge in [0.05, 0.1) is 18.1 Å². The molecule has 3 saturated heterocycles. The van der Waals surface area contributed by atoms with E-state index in [0.717, 1.165) is 119 Å². The van der Waals surface area contributed by atoms with Crippen LogP contribution in [-0.4, -0.2) is 160 Å². The number of nitrogens with zero attached hydrogens (tertiary/aromatic N) is 8. The van der Waals surface area contributed by atoms with Crippen LogP contribution in [0.2, 0.25) is 0 Å². The van der Waals surface area contributed by atoms with Crippen molar-refractivity contribution in [1.29, 1.82) is 0 Å². The lowest BCUT2D eigenvalue weighted by atomic mass is 9.74. The quantitative estimate of drug-likeness (QED) is 0.0670. The van der Waals surface area contributed by atoms with Crippen molar-refractivity contribution in [1.82, 2.24) is 33.9 Å². The number of allylic oxidation sites excluding steroid dienone is 4. The van der Waals surface area contributed by atoms with E-state index in [9.17, 15) is 19.2 Å². The highest BCUT2D eigenvalue weighted by Gasteiger charge is 2.62. The molecule has 2 saturated carbocycles. The van der Waals surface area contributed by atoms with Gasteiger partial charge in [-0.2, -0.15) is 0 Å². The summed E-state index contributed by atoms with van der Waals surface area (Å²) in [6, 6.07) is 8.55. The lowest BCUT2D eigenvalue weighted by Crippen LogP contribution is -2.61. The third kappa shape index (κ3) is 12.2. The van der Waals surface area contributed by atoms with Gasteiger partial charge in [-0.1, -0.05) is 44.2 Å². The number of benzene rings is 1. The minimum atomic E-state index is -0.697. The van der Waals surface area contributed by atoms with Gasteiger partial charge in [-0.05, 0) is 128 Å². The van der Waals surface area contributed by atoms with Crippen molar-refractivity contribution >= 4 is 61.2 Å². The Kier molecular flexibility index (Phi) is 18.1. The highest BCUT2D eigenvalue weighted by Crippen LogP contribution is 2.59. The topological polar surface area (TPSA) is 136 Å². The number of amides is 2. The van der Waals surface area contributed by atoms with Gasteiger partial charge in [-0.3, -0.25) is 24.8 Å². The van der Waals surface area contributed by atoms with Crippen molar-refractivity contribution in [2.24, 2.45) is 26.7 Å². The number of aldehydes is 2. The van der Waals surface area contributed by atoms with Crippen LogP contribution in [0.15, 0.2) is 76.1 Å². The van der Waals surface area contributed by atoms with Crippen molar-refractivity contribution in [3.8, 4) is 0 Å². The van der Waals surface area contributed by atoms with Crippen molar-refractivity contribution in [2.45, 2.75) is 95.7 Å². The molecule has 6 aliphatic rings. The summed E-state index contributed by atoms with van der Waals surface area (Å²) in [6.07, 6.45) is 19.9. The summed E-state index contributed by atoms with van der Waals surface area (Å²) in [4.78, 5) is 65.5. The first kappa shape index (κ1) is 50.2. The van der Waals surface area contributed by atoms with Crippen LogP contribution in [0.3, 0.4) is 0 Å². The second-order valence-corrected chi connectivity index (χ2v) is 20.4. The molecular weight excluding hydrogens is 837 g/mol. The molecule has 1 aromatic rings. The SMILES string of the molecule is C=NC1=C(/C=N\CNC2CCN(SN3CC4(CCCN(c5cccc(C(=C)/C=C\C=C(/CN(C)C)N(C=O)C(C=O)CCC=O)c5)C4)C3)CC2)C2(CC2)C(=O)N1C1CCCC1C.CNC. The molecule has 2 aliphatic carbocycles. The molecule has 3 atom stereocenters. The number of carbonyl (C=O) groups is 4. The molecule has 0 aromatic heterocycles. The van der Waals surface area contributed by atoms with E-state index in [1.807, 2.05) is 74.6 Å². The first-order valence-electron chi connectivity index (χ1n) is 23.7. The van der Waals surface area contributed by atoms with Gasteiger partial charge in [0.25, 0.3) is 0 Å². The second kappa shape index (κ2) is 23.5. The molecule has 4 aliphatic heterocycles. The number of piperidine rings is 2. The summed E-state index contributed by atoms with van der Waals surface area (Å²) in [7, 11) is 7.56. The van der Waals surface area contributed by atoms with Crippen molar-refractivity contribution in [3.05, 3.63) is 71.7 Å². The summed E-state index contributed by atoms with van der Waals surface area (Å²) in [5, 5.41) is 6.41. The number of hydrogen-bond donors (Lipinski definition) is 2. The molecule has 2 spiro atoms. The highest BCUT2D eigenvalue weighted by atomic mass is 32.2. The van der Waals surface area contributed by atoms with Gasteiger partial charge in [-0.25, -0.2) is 13.6 Å². The largest absolute Gasteiger partial charge is 0.371 e. The normalized spacial score (nSPS) is 23.9. The third-order valence-electron chi connectivity index (χ3n) is 13.9. The van der Waals surface area contributed by atoms with E-state index in [4.69, 9.17) is 4.99 Å². The van der Waals surface area contributed by atoms with E-state index in [2.05, 4.69) is 73.6 Å². The summed E-state index contributed by atoms with van der Waals surface area (Å²) in [5.74, 6) is 1.46. The smallest absolute Gasteiger partial charge is 0.239 e. The van der Waals surface area contributed by atoms with Gasteiger partial charge in [0.1, 0.15) is 18.4 Å². The van der Waals surface area contributed by atoms with Gasteiger partial charge >= 0.3 is 0 Å². The van der Waals surface area contributed by atoms with Crippen LogP contribution in [0.1, 0.15) is 83.1 Å². The van der Waals surface area contributed by atoms with E-state index >= 15 is 0 Å². The number of carbonyl (C=O) groups excluding carboxylic acids is 4. The standard InChI is InChI=1S/C48H67N9O4S.C2H7N/c1-36(11-6-15-41(29-52(4)5)56(35-60)42(30-59)16-9-26-58)38-13-8-14-40(27-38)53-23-10-20-47(31-53)32-55(33-47)62-54-24-18-39(19-25-54)51-34-50-28-43-45(49-3)57(44-17-7-12-37(44)2)46(61)48(43)21-22-48;1-3-2/h6,8,11,13-15,26-28,30,35,37,39,42,44,51H,1,3,7,9-10,12,16-25,29,31-34H2,2,4-5H3;3H,1-2H3/b11-6-,41-15+,50-28-;. The fourth-order valence-electron chi connectivity index (χ4n) is 10.3. The van der Waals surface area contributed by atoms with Crippen molar-refractivity contribution in [2.75, 3.05) is 85.6 Å². The van der Waals surface area contributed by atoms with Crippen LogP contribution < -0.4 is 15.5 Å². The minimum absolute atomic E-state index is 0.207. The number of likely N-dealkylation sites (N-methyl/N-ethyl adjacent to an activating group) is 1. The minimum Gasteiger partial charge on any atom is -0.371 e. The molecule has 14 nitrogen and oxygen atoms in total. The molecule has 0 bridgehead atoms. The summed E-state index contributed by atoms with van der Waals surface area (Å²) in [6.45, 7) is 17.8. The Bertz CT molecular complexity index is 1960. The van der Waals surface area contributed by atoms with E-state index in [1.165, 1.54) is 23.4 Å². The summed E-state index contributed by atoms with van der Waals surface area (Å²) < 4.78 is 5.06. The third-order valence-corrected chi connectivity index (χ3v) is 15.0. The Labute approximate surface area is 392 Å². The molecule has 15 heteroatoms. The number of anilines is 1. The monoisotopic (exact) mass is 911 g/mol. The van der Waals surface area contributed by atoms with Crippen LogP contribution in [0, 0.1) is 16.7 Å². The Hall–Kier alpha value is -4.25. The Balaban J connectivity index is 0.00000227. The van der Waals surface area contributed by atoms with Crippen molar-refractivity contribution in [3.63, 3.8) is 0 Å². The van der Waals surface area contributed by atoms with Gasteiger partial charge in [0, 0.05) is 105 Å². The summed E-state index contributed by atoms with van der Waals surface area (Å²) in [5.41, 5.74) is 4.63. The average Bonchev–Trinajstić information content (AvgIpc) is 3.94. The highest BCUT2D eigenvalue weighted by molar-refractivity contribution is 7.94. The van der Waals surface area contributed by atoms with Crippen molar-refractivity contribution < 1.29 is 19.2 Å². The molecule has 4 heterocycles. The van der Waals surface area contributed by atoms with E-state index in [-0.39, 0.29) is 24.8 Å². The fraction of sp³-hybridized carbons (Fsp3) is 0.600. The Morgan fingerprint density at radius 1 is 1.02 bits per heavy atom. The summed E-state index contributed by atoms with van der Waals surface area (Å²) >= 11 is 1.92. The van der Waals surface area contributed by atoms with Gasteiger partial charge in [0.2, 0.25) is 12.3 Å². The van der Waals surface area contributed by atoms with Crippen LogP contribution in [0.4, 0.5) is 5.69 Å². The predicted octanol–water partition coefficient (Wildman–Crippen LogP) is 5.81. The van der Waals surface area contributed by atoms with Crippen LogP contribution >= 0.6 is 12.1 Å². The van der Waals surface area contributed by atoms with Gasteiger partial charge in [0.15, 0.2) is 0 Å². The number of nitrogens with one attached hydrogen (secondary N) is 2. The maximum atomic E-state index is 13.6. The predicted molar refractivity (Wildman–Crippen MR) is 265 cm³/mol. The Morgan fingerprint density at radius 3 is 2.40 bits per heavy atom. The average molecular weight is 911 g/mol. The number of aliphatic imine (C=N–C) groups is 2. The number of rotatable bonds is 21. The zero-order chi connectivity index (χ0) is 46.6. The van der Waals surface area contributed by atoms with Crippen LogP contribution in [-0.2, 0) is 19.2 Å². The van der Waals surface area contributed by atoms with Crippen LogP contribution in [0.25, 0.3) is 5.57 Å². The fourth-order valence-corrected chi connectivity index (χ4v) is 11.7. The molecule has 65 heavy (non-hydrogen) atoms. The maximum absolute atomic E-state index is 13.6. The van der Waals surface area contributed by atoms with E-state index in [0.29, 0.717) is 42.7 Å². The lowest BCUT2D eigenvalue weighted by Gasteiger charge is -2.55. The van der Waals surface area contributed by atoms with Gasteiger partial charge in [-0.15, -0.1) is 0 Å². The molecular formula is C50H74N10O4S. The molecule has 5 fully saturated rings. The molecule has 3 unspecified atom stereocenters. The molecule has 7 rings (SSSR count).